The number of hydrogen-bond donors (Lipinski definition) is 0. The second kappa shape index (κ2) is 7.70. The number of ether oxygens (including phenoxy) is 2. The number of para-hydroxylation sites is 1. The summed E-state index contributed by atoms with van der Waals surface area (Å²) in [4.78, 5) is 29.1. The second-order valence-corrected chi connectivity index (χ2v) is 7.25. The van der Waals surface area contributed by atoms with Gasteiger partial charge in [0.1, 0.15) is 17.1 Å². The zero-order valence-corrected chi connectivity index (χ0v) is 17.4. The first-order valence-corrected chi connectivity index (χ1v) is 9.89. The third-order valence-corrected chi connectivity index (χ3v) is 5.27. The summed E-state index contributed by atoms with van der Waals surface area (Å²) in [6.45, 7) is 0. The minimum atomic E-state index is -0.489. The van der Waals surface area contributed by atoms with Gasteiger partial charge in [-0.25, -0.2) is 4.79 Å². The summed E-state index contributed by atoms with van der Waals surface area (Å²) in [5, 5.41) is 1.34. The van der Waals surface area contributed by atoms with Crippen LogP contribution >= 0.6 is 0 Å². The average molecular weight is 426 g/mol. The molecule has 5 aromatic rings. The van der Waals surface area contributed by atoms with Crippen LogP contribution in [0.2, 0.25) is 0 Å². The first kappa shape index (κ1) is 19.6. The van der Waals surface area contributed by atoms with E-state index in [9.17, 15) is 9.59 Å². The molecule has 158 valence electrons. The van der Waals surface area contributed by atoms with Gasteiger partial charge in [-0.05, 0) is 54.6 Å². The lowest BCUT2D eigenvalue weighted by atomic mass is 10.2. The van der Waals surface area contributed by atoms with Crippen LogP contribution in [-0.2, 0) is 7.05 Å². The Kier molecular flexibility index (Phi) is 4.71. The van der Waals surface area contributed by atoms with E-state index in [1.807, 2.05) is 23.7 Å². The lowest BCUT2D eigenvalue weighted by Gasteiger charge is -2.08. The first-order chi connectivity index (χ1) is 15.5. The summed E-state index contributed by atoms with van der Waals surface area (Å²) in [5.74, 6) is 1.38. The highest BCUT2D eigenvalue weighted by atomic mass is 16.5. The molecule has 0 spiro atoms. The Morgan fingerprint density at radius 3 is 2.50 bits per heavy atom. The molecular formula is C25H18N2O5. The molecule has 32 heavy (non-hydrogen) atoms. The predicted molar refractivity (Wildman–Crippen MR) is 120 cm³/mol. The molecule has 7 heteroatoms. The van der Waals surface area contributed by atoms with E-state index < -0.39 is 5.97 Å². The van der Waals surface area contributed by atoms with E-state index in [2.05, 4.69) is 4.98 Å². The number of benzene rings is 3. The molecule has 0 unspecified atom stereocenters. The zero-order chi connectivity index (χ0) is 22.2. The van der Waals surface area contributed by atoms with Crippen LogP contribution < -0.4 is 15.0 Å². The van der Waals surface area contributed by atoms with E-state index in [4.69, 9.17) is 13.9 Å². The Labute approximate surface area is 182 Å². The van der Waals surface area contributed by atoms with Crippen molar-refractivity contribution in [1.29, 1.82) is 0 Å². The molecule has 0 amide bonds. The topological polar surface area (TPSA) is 83.6 Å². The van der Waals surface area contributed by atoms with Crippen LogP contribution in [0.25, 0.3) is 33.5 Å². The largest absolute Gasteiger partial charge is 0.497 e. The van der Waals surface area contributed by atoms with Gasteiger partial charge in [-0.2, -0.15) is 4.98 Å². The van der Waals surface area contributed by atoms with E-state index in [0.717, 1.165) is 10.9 Å². The monoisotopic (exact) mass is 426 g/mol. The molecule has 0 saturated carbocycles. The van der Waals surface area contributed by atoms with E-state index >= 15 is 0 Å². The molecule has 0 fully saturated rings. The number of carbonyl (C=O) groups excluding carboxylic acids is 1. The van der Waals surface area contributed by atoms with Crippen LogP contribution in [-0.4, -0.2) is 22.6 Å². The van der Waals surface area contributed by atoms with Crippen molar-refractivity contribution < 1.29 is 18.7 Å². The van der Waals surface area contributed by atoms with Gasteiger partial charge in [-0.15, -0.1) is 0 Å². The molecule has 0 radical (unpaired) electrons. The molecule has 2 aromatic heterocycles. The molecule has 0 aliphatic rings. The number of fused-ring (bicyclic) bond motifs is 2. The number of aromatic nitrogens is 2. The van der Waals surface area contributed by atoms with Gasteiger partial charge in [0.05, 0.1) is 23.6 Å². The molecule has 0 atom stereocenters. The summed E-state index contributed by atoms with van der Waals surface area (Å²) in [6, 6.07) is 20.9. The third-order valence-electron chi connectivity index (χ3n) is 5.27. The maximum Gasteiger partial charge on any atom is 0.343 e. The van der Waals surface area contributed by atoms with Gasteiger partial charge in [0.15, 0.2) is 11.6 Å². The van der Waals surface area contributed by atoms with Crippen molar-refractivity contribution in [2.24, 2.45) is 7.05 Å². The Hall–Kier alpha value is -4.39. The number of esters is 1. The smallest absolute Gasteiger partial charge is 0.343 e. The lowest BCUT2D eigenvalue weighted by molar-refractivity contribution is 0.0735. The summed E-state index contributed by atoms with van der Waals surface area (Å²) in [7, 11) is 3.39. The average Bonchev–Trinajstić information content (AvgIpc) is 3.24. The lowest BCUT2D eigenvalue weighted by Crippen LogP contribution is -2.14. The normalized spacial score (nSPS) is 11.1. The molecule has 2 heterocycles. The van der Waals surface area contributed by atoms with Crippen molar-refractivity contribution in [2.75, 3.05) is 7.11 Å². The van der Waals surface area contributed by atoms with Gasteiger partial charge in [-0.3, -0.25) is 4.79 Å². The van der Waals surface area contributed by atoms with Crippen LogP contribution in [0.5, 0.6) is 11.5 Å². The fourth-order valence-electron chi connectivity index (χ4n) is 3.59. The highest BCUT2D eigenvalue weighted by Gasteiger charge is 2.15. The van der Waals surface area contributed by atoms with Crippen molar-refractivity contribution in [2.45, 2.75) is 0 Å². The van der Waals surface area contributed by atoms with Crippen LogP contribution in [0.3, 0.4) is 0 Å². The van der Waals surface area contributed by atoms with Crippen LogP contribution in [0, 0.1) is 0 Å². The Bertz CT molecular complexity index is 1530. The number of carbonyl (C=O) groups is 1. The Morgan fingerprint density at radius 1 is 0.969 bits per heavy atom. The van der Waals surface area contributed by atoms with Crippen molar-refractivity contribution in [3.63, 3.8) is 0 Å². The second-order valence-electron chi connectivity index (χ2n) is 7.25. The Morgan fingerprint density at radius 2 is 1.72 bits per heavy atom. The van der Waals surface area contributed by atoms with Gasteiger partial charge >= 0.3 is 5.97 Å². The fraction of sp³-hybridized carbons (Fsp3) is 0.0800. The molecule has 7 nitrogen and oxygen atoms in total. The number of aryl methyl sites for hydroxylation is 1. The number of nitrogens with zero attached hydrogens (tertiary/aromatic N) is 2. The maximum atomic E-state index is 12.5. The number of rotatable bonds is 4. The van der Waals surface area contributed by atoms with Crippen molar-refractivity contribution in [3.05, 3.63) is 88.7 Å². The minimum absolute atomic E-state index is 0.316. The van der Waals surface area contributed by atoms with Crippen molar-refractivity contribution in [3.8, 4) is 23.1 Å². The number of furan rings is 1. The number of methoxy groups -OCH3 is 1. The maximum absolute atomic E-state index is 12.5. The molecule has 3 aromatic carbocycles. The van der Waals surface area contributed by atoms with E-state index in [0.29, 0.717) is 39.6 Å². The standard InChI is InChI=1S/C25H18N2O5/c1-27-20-6-4-3-5-19(20)24(28)26-23(27)22-13-16-9-12-18(14-21(16)32-22)31-25(29)15-7-10-17(30-2)11-8-15/h3-14H,1-2H3. The molecule has 0 aliphatic carbocycles. The highest BCUT2D eigenvalue weighted by Crippen LogP contribution is 2.30. The van der Waals surface area contributed by atoms with Gasteiger partial charge in [0, 0.05) is 18.5 Å². The summed E-state index contributed by atoms with van der Waals surface area (Å²) in [6.07, 6.45) is 0. The third kappa shape index (κ3) is 3.39. The summed E-state index contributed by atoms with van der Waals surface area (Å²) < 4.78 is 18.4. The van der Waals surface area contributed by atoms with Crippen LogP contribution in [0.4, 0.5) is 0 Å². The van der Waals surface area contributed by atoms with E-state index in [1.54, 1.807) is 67.8 Å². The molecular weight excluding hydrogens is 408 g/mol. The quantitative estimate of drug-likeness (QED) is 0.309. The summed E-state index contributed by atoms with van der Waals surface area (Å²) in [5.41, 5.74) is 1.36. The zero-order valence-electron chi connectivity index (χ0n) is 17.4. The van der Waals surface area contributed by atoms with Gasteiger partial charge < -0.3 is 18.5 Å². The van der Waals surface area contributed by atoms with Gasteiger partial charge in [0.25, 0.3) is 5.56 Å². The highest BCUT2D eigenvalue weighted by molar-refractivity contribution is 5.92. The Balaban J connectivity index is 1.48. The van der Waals surface area contributed by atoms with Crippen LogP contribution in [0.1, 0.15) is 10.4 Å². The molecule has 0 saturated heterocycles. The number of hydrogen-bond acceptors (Lipinski definition) is 6. The summed E-state index contributed by atoms with van der Waals surface area (Å²) >= 11 is 0. The van der Waals surface area contributed by atoms with Gasteiger partial charge in [-0.1, -0.05) is 12.1 Å². The van der Waals surface area contributed by atoms with Crippen molar-refractivity contribution in [1.82, 2.24) is 9.55 Å². The van der Waals surface area contributed by atoms with Gasteiger partial charge in [0.2, 0.25) is 0 Å². The molecule has 0 N–H and O–H groups in total. The molecule has 0 bridgehead atoms. The first-order valence-electron chi connectivity index (χ1n) is 9.89. The minimum Gasteiger partial charge on any atom is -0.497 e. The SMILES string of the molecule is COc1ccc(C(=O)Oc2ccc3cc(-c4nc(=O)c5ccccc5n4C)oc3c2)cc1. The molecule has 5 rings (SSSR count). The fourth-order valence-corrected chi connectivity index (χ4v) is 3.59. The predicted octanol–water partition coefficient (Wildman–Crippen LogP) is 4.57. The van der Waals surface area contributed by atoms with E-state index in [-0.39, 0.29) is 5.56 Å². The van der Waals surface area contributed by atoms with E-state index in [1.165, 1.54) is 0 Å². The van der Waals surface area contributed by atoms with Crippen molar-refractivity contribution >= 4 is 27.8 Å². The molecule has 0 aliphatic heterocycles. The van der Waals surface area contributed by atoms with Crippen LogP contribution in [0.15, 0.2) is 82.0 Å².